The molecule has 0 saturated heterocycles. The zero-order chi connectivity index (χ0) is 15.3. The van der Waals surface area contributed by atoms with E-state index in [1.165, 1.54) is 24.1 Å². The molecule has 0 saturated carbocycles. The molecule has 6 nitrogen and oxygen atoms in total. The highest BCUT2D eigenvalue weighted by Crippen LogP contribution is 2.20. The van der Waals surface area contributed by atoms with Crippen LogP contribution in [0.1, 0.15) is 5.56 Å². The number of likely N-dealkylation sites (N-methyl/N-ethyl adjacent to an activating group) is 2. The molecule has 0 aliphatic heterocycles. The predicted molar refractivity (Wildman–Crippen MR) is 71.3 cm³/mol. The first-order valence-corrected chi connectivity index (χ1v) is 5.91. The van der Waals surface area contributed by atoms with E-state index in [0.29, 0.717) is 12.1 Å². The van der Waals surface area contributed by atoms with Crippen molar-refractivity contribution in [3.63, 3.8) is 0 Å². The van der Waals surface area contributed by atoms with Gasteiger partial charge in [0.05, 0.1) is 12.2 Å². The van der Waals surface area contributed by atoms with Crippen molar-refractivity contribution in [3.05, 3.63) is 29.6 Å². The van der Waals surface area contributed by atoms with Crippen molar-refractivity contribution in [2.45, 2.75) is 6.54 Å². The first-order chi connectivity index (χ1) is 9.29. The molecule has 0 aliphatic carbocycles. The van der Waals surface area contributed by atoms with Gasteiger partial charge in [0.25, 0.3) is 0 Å². The zero-order valence-corrected chi connectivity index (χ0v) is 11.3. The van der Waals surface area contributed by atoms with Crippen LogP contribution in [-0.4, -0.2) is 54.2 Å². The number of aliphatic carboxylic acids is 2. The van der Waals surface area contributed by atoms with Gasteiger partial charge in [-0.15, -0.1) is 0 Å². The second kappa shape index (κ2) is 6.85. The fourth-order valence-corrected chi connectivity index (χ4v) is 1.84. The van der Waals surface area contributed by atoms with E-state index in [2.05, 4.69) is 0 Å². The van der Waals surface area contributed by atoms with E-state index >= 15 is 0 Å². The Morgan fingerprint density at radius 3 is 2.30 bits per heavy atom. The molecule has 0 aromatic heterocycles. The summed E-state index contributed by atoms with van der Waals surface area (Å²) in [5, 5.41) is 17.4. The molecule has 20 heavy (non-hydrogen) atoms. The third kappa shape index (κ3) is 4.85. The molecular weight excluding hydrogens is 267 g/mol. The standard InChI is InChI=1S/C13H17FN2O4/c1-15(7-12(17)18)6-9-3-4-10(14)11(5-9)16(2)8-13(19)20/h3-5H,6-8H2,1-2H3,(H,17,18)(H,19,20). The van der Waals surface area contributed by atoms with Gasteiger partial charge < -0.3 is 15.1 Å². The second-order valence-corrected chi connectivity index (χ2v) is 4.60. The number of anilines is 1. The number of carboxylic acid groups (broad SMARTS) is 2. The fourth-order valence-electron chi connectivity index (χ4n) is 1.84. The third-order valence-corrected chi connectivity index (χ3v) is 2.65. The molecule has 1 rings (SSSR count). The molecule has 2 N–H and O–H groups in total. The minimum absolute atomic E-state index is 0.127. The summed E-state index contributed by atoms with van der Waals surface area (Å²) < 4.78 is 13.7. The molecule has 1 aromatic carbocycles. The van der Waals surface area contributed by atoms with Crippen LogP contribution in [0.5, 0.6) is 0 Å². The van der Waals surface area contributed by atoms with Crippen LogP contribution in [0.2, 0.25) is 0 Å². The Balaban J connectivity index is 2.85. The van der Waals surface area contributed by atoms with Crippen LogP contribution >= 0.6 is 0 Å². The largest absolute Gasteiger partial charge is 0.480 e. The Hall–Kier alpha value is -2.15. The predicted octanol–water partition coefficient (Wildman–Crippen LogP) is 0.863. The van der Waals surface area contributed by atoms with Crippen molar-refractivity contribution in [1.29, 1.82) is 0 Å². The lowest BCUT2D eigenvalue weighted by Crippen LogP contribution is -2.27. The van der Waals surface area contributed by atoms with E-state index in [0.717, 1.165) is 0 Å². The minimum Gasteiger partial charge on any atom is -0.480 e. The lowest BCUT2D eigenvalue weighted by Gasteiger charge is -2.20. The highest BCUT2D eigenvalue weighted by atomic mass is 19.1. The molecule has 0 radical (unpaired) electrons. The van der Waals surface area contributed by atoms with E-state index in [1.807, 2.05) is 0 Å². The average molecular weight is 284 g/mol. The second-order valence-electron chi connectivity index (χ2n) is 4.60. The Labute approximate surface area is 116 Å². The summed E-state index contributed by atoms with van der Waals surface area (Å²) in [4.78, 5) is 24.1. The Kier molecular flexibility index (Phi) is 5.45. The van der Waals surface area contributed by atoms with Gasteiger partial charge in [-0.25, -0.2) is 4.39 Å². The van der Waals surface area contributed by atoms with Crippen LogP contribution in [0.4, 0.5) is 10.1 Å². The monoisotopic (exact) mass is 284 g/mol. The van der Waals surface area contributed by atoms with Gasteiger partial charge in [0, 0.05) is 13.6 Å². The van der Waals surface area contributed by atoms with Crippen molar-refractivity contribution in [1.82, 2.24) is 4.90 Å². The van der Waals surface area contributed by atoms with Crippen molar-refractivity contribution < 1.29 is 24.2 Å². The van der Waals surface area contributed by atoms with Crippen LogP contribution in [0.3, 0.4) is 0 Å². The molecule has 0 unspecified atom stereocenters. The number of rotatable bonds is 7. The summed E-state index contributed by atoms with van der Waals surface area (Å²) in [6.45, 7) is -0.108. The van der Waals surface area contributed by atoms with E-state index in [1.54, 1.807) is 18.0 Å². The molecule has 0 bridgehead atoms. The van der Waals surface area contributed by atoms with Gasteiger partial charge in [-0.1, -0.05) is 6.07 Å². The molecule has 110 valence electrons. The topological polar surface area (TPSA) is 81.1 Å². The normalized spacial score (nSPS) is 10.6. The summed E-state index contributed by atoms with van der Waals surface area (Å²) in [7, 11) is 3.12. The average Bonchev–Trinajstić information content (AvgIpc) is 2.29. The SMILES string of the molecule is CN(CC(=O)O)Cc1ccc(F)c(N(C)CC(=O)O)c1. The summed E-state index contributed by atoms with van der Waals surface area (Å²) in [5.74, 6) is -2.52. The first-order valence-electron chi connectivity index (χ1n) is 5.91. The molecule has 0 atom stereocenters. The van der Waals surface area contributed by atoms with E-state index in [-0.39, 0.29) is 18.8 Å². The van der Waals surface area contributed by atoms with Gasteiger partial charge in [0.1, 0.15) is 12.4 Å². The Morgan fingerprint density at radius 2 is 1.75 bits per heavy atom. The number of hydrogen-bond acceptors (Lipinski definition) is 4. The van der Waals surface area contributed by atoms with Crippen molar-refractivity contribution in [2.75, 3.05) is 32.1 Å². The lowest BCUT2D eigenvalue weighted by atomic mass is 10.1. The molecule has 0 amide bonds. The molecule has 1 aromatic rings. The number of carbonyl (C=O) groups is 2. The summed E-state index contributed by atoms with van der Waals surface area (Å²) in [5.41, 5.74) is 0.885. The maximum atomic E-state index is 13.7. The maximum absolute atomic E-state index is 13.7. The summed E-state index contributed by atoms with van der Waals surface area (Å²) >= 11 is 0. The molecule has 0 heterocycles. The summed E-state index contributed by atoms with van der Waals surface area (Å²) in [6.07, 6.45) is 0. The van der Waals surface area contributed by atoms with Gasteiger partial charge in [0.2, 0.25) is 0 Å². The number of carboxylic acids is 2. The van der Waals surface area contributed by atoms with Gasteiger partial charge in [-0.3, -0.25) is 14.5 Å². The quantitative estimate of drug-likeness (QED) is 0.773. The van der Waals surface area contributed by atoms with Crippen LogP contribution in [0, 0.1) is 5.82 Å². The summed E-state index contributed by atoms with van der Waals surface area (Å²) in [6, 6.07) is 4.32. The molecule has 0 aliphatic rings. The zero-order valence-electron chi connectivity index (χ0n) is 11.3. The molecular formula is C13H17FN2O4. The van der Waals surface area contributed by atoms with Crippen LogP contribution in [-0.2, 0) is 16.1 Å². The first kappa shape index (κ1) is 15.9. The number of nitrogens with zero attached hydrogens (tertiary/aromatic N) is 2. The van der Waals surface area contributed by atoms with E-state index < -0.39 is 17.8 Å². The Morgan fingerprint density at radius 1 is 1.15 bits per heavy atom. The molecule has 7 heteroatoms. The number of benzene rings is 1. The van der Waals surface area contributed by atoms with Gasteiger partial charge in [-0.2, -0.15) is 0 Å². The van der Waals surface area contributed by atoms with Crippen LogP contribution in [0.15, 0.2) is 18.2 Å². The number of hydrogen-bond donors (Lipinski definition) is 2. The van der Waals surface area contributed by atoms with Gasteiger partial charge in [-0.05, 0) is 24.7 Å². The molecule has 0 fully saturated rings. The lowest BCUT2D eigenvalue weighted by molar-refractivity contribution is -0.138. The minimum atomic E-state index is -1.06. The van der Waals surface area contributed by atoms with E-state index in [9.17, 15) is 14.0 Å². The van der Waals surface area contributed by atoms with Crippen molar-refractivity contribution >= 4 is 17.6 Å². The maximum Gasteiger partial charge on any atom is 0.323 e. The highest BCUT2D eigenvalue weighted by Gasteiger charge is 2.12. The third-order valence-electron chi connectivity index (χ3n) is 2.65. The van der Waals surface area contributed by atoms with E-state index in [4.69, 9.17) is 10.2 Å². The smallest absolute Gasteiger partial charge is 0.323 e. The van der Waals surface area contributed by atoms with Crippen molar-refractivity contribution in [3.8, 4) is 0 Å². The van der Waals surface area contributed by atoms with Gasteiger partial charge in [0.15, 0.2) is 0 Å². The highest BCUT2D eigenvalue weighted by molar-refractivity contribution is 5.73. The fraction of sp³-hybridized carbons (Fsp3) is 0.385. The van der Waals surface area contributed by atoms with Crippen LogP contribution < -0.4 is 4.90 Å². The number of halogens is 1. The van der Waals surface area contributed by atoms with Crippen LogP contribution in [0.25, 0.3) is 0 Å². The van der Waals surface area contributed by atoms with Gasteiger partial charge >= 0.3 is 11.9 Å². The Bertz CT molecular complexity index is 507. The van der Waals surface area contributed by atoms with Crippen molar-refractivity contribution in [2.24, 2.45) is 0 Å². The molecule has 0 spiro atoms.